The normalized spacial score (nSPS) is 18.6. The number of benzene rings is 1. The van der Waals surface area contributed by atoms with E-state index in [9.17, 15) is 13.2 Å². The third kappa shape index (κ3) is 3.89. The highest BCUT2D eigenvalue weighted by Gasteiger charge is 2.33. The minimum atomic E-state index is -3.64. The Kier molecular flexibility index (Phi) is 5.69. The van der Waals surface area contributed by atoms with Gasteiger partial charge in [0.25, 0.3) is 0 Å². The van der Waals surface area contributed by atoms with Crippen LogP contribution in [0.25, 0.3) is 0 Å². The van der Waals surface area contributed by atoms with Crippen LogP contribution in [0, 0.1) is 13.8 Å². The SMILES string of the molecule is Cc1nn(CC(=O)N2CCCC2c2ccc3c(c2)OCCO3)c(C)c1S(=O)(=O)N(C)C. The lowest BCUT2D eigenvalue weighted by atomic mass is 10.0. The Labute approximate surface area is 182 Å². The molecule has 2 aliphatic rings. The van der Waals surface area contributed by atoms with Crippen LogP contribution in [0.15, 0.2) is 23.1 Å². The number of hydrogen-bond acceptors (Lipinski definition) is 6. The molecule has 0 N–H and O–H groups in total. The molecule has 2 aliphatic heterocycles. The van der Waals surface area contributed by atoms with Gasteiger partial charge in [-0.2, -0.15) is 5.10 Å². The predicted octanol–water partition coefficient (Wildman–Crippen LogP) is 1.89. The first kappa shape index (κ1) is 21.6. The first-order chi connectivity index (χ1) is 14.7. The molecule has 9 nitrogen and oxygen atoms in total. The fraction of sp³-hybridized carbons (Fsp3) is 0.524. The number of aryl methyl sites for hydroxylation is 1. The average Bonchev–Trinajstić information content (AvgIpc) is 3.32. The summed E-state index contributed by atoms with van der Waals surface area (Å²) >= 11 is 0. The number of ether oxygens (including phenoxy) is 2. The largest absolute Gasteiger partial charge is 0.486 e. The third-order valence-electron chi connectivity index (χ3n) is 5.86. The van der Waals surface area contributed by atoms with E-state index in [0.717, 1.165) is 28.5 Å². The van der Waals surface area contributed by atoms with Gasteiger partial charge in [-0.25, -0.2) is 12.7 Å². The molecule has 10 heteroatoms. The van der Waals surface area contributed by atoms with Crippen molar-refractivity contribution in [2.75, 3.05) is 33.9 Å². The van der Waals surface area contributed by atoms with Crippen LogP contribution >= 0.6 is 0 Å². The lowest BCUT2D eigenvalue weighted by molar-refractivity contribution is -0.133. The quantitative estimate of drug-likeness (QED) is 0.693. The van der Waals surface area contributed by atoms with Crippen LogP contribution in [-0.2, 0) is 21.4 Å². The van der Waals surface area contributed by atoms with Crippen molar-refractivity contribution in [1.29, 1.82) is 0 Å². The second-order valence-corrected chi connectivity index (χ2v) is 10.2. The van der Waals surface area contributed by atoms with Gasteiger partial charge < -0.3 is 14.4 Å². The van der Waals surface area contributed by atoms with Crippen molar-refractivity contribution < 1.29 is 22.7 Å². The summed E-state index contributed by atoms with van der Waals surface area (Å²) in [6, 6.07) is 5.78. The fourth-order valence-electron chi connectivity index (χ4n) is 4.29. The second kappa shape index (κ2) is 8.16. The van der Waals surface area contributed by atoms with Crippen molar-refractivity contribution >= 4 is 15.9 Å². The molecule has 0 radical (unpaired) electrons. The van der Waals surface area contributed by atoms with Gasteiger partial charge in [0.2, 0.25) is 15.9 Å². The summed E-state index contributed by atoms with van der Waals surface area (Å²) in [5, 5.41) is 4.35. The number of sulfonamides is 1. The zero-order chi connectivity index (χ0) is 22.3. The molecule has 31 heavy (non-hydrogen) atoms. The zero-order valence-corrected chi connectivity index (χ0v) is 19.1. The molecular formula is C21H28N4O5S. The number of fused-ring (bicyclic) bond motifs is 1. The number of rotatable bonds is 5. The smallest absolute Gasteiger partial charge is 0.246 e. The molecular weight excluding hydrogens is 420 g/mol. The van der Waals surface area contributed by atoms with Crippen molar-refractivity contribution in [3.63, 3.8) is 0 Å². The number of nitrogens with zero attached hydrogens (tertiary/aromatic N) is 4. The minimum Gasteiger partial charge on any atom is -0.486 e. The summed E-state index contributed by atoms with van der Waals surface area (Å²) in [5.41, 5.74) is 1.87. The van der Waals surface area contributed by atoms with E-state index in [1.165, 1.54) is 18.8 Å². The highest BCUT2D eigenvalue weighted by Crippen LogP contribution is 2.38. The zero-order valence-electron chi connectivity index (χ0n) is 18.3. The predicted molar refractivity (Wildman–Crippen MR) is 114 cm³/mol. The molecule has 1 aromatic carbocycles. The average molecular weight is 449 g/mol. The van der Waals surface area contributed by atoms with Gasteiger partial charge >= 0.3 is 0 Å². The van der Waals surface area contributed by atoms with E-state index in [-0.39, 0.29) is 23.4 Å². The van der Waals surface area contributed by atoms with E-state index >= 15 is 0 Å². The molecule has 1 saturated heterocycles. The summed E-state index contributed by atoms with van der Waals surface area (Å²) in [5.74, 6) is 1.35. The first-order valence-corrected chi connectivity index (χ1v) is 11.8. The topological polar surface area (TPSA) is 94.0 Å². The van der Waals surface area contributed by atoms with E-state index < -0.39 is 10.0 Å². The third-order valence-corrected chi connectivity index (χ3v) is 7.93. The van der Waals surface area contributed by atoms with Crippen LogP contribution in [-0.4, -0.2) is 67.2 Å². The van der Waals surface area contributed by atoms with E-state index in [2.05, 4.69) is 5.10 Å². The number of likely N-dealkylation sites (tertiary alicyclic amines) is 1. The van der Waals surface area contributed by atoms with Crippen LogP contribution in [0.3, 0.4) is 0 Å². The van der Waals surface area contributed by atoms with Crippen molar-refractivity contribution in [2.24, 2.45) is 0 Å². The van der Waals surface area contributed by atoms with E-state index in [1.54, 1.807) is 13.8 Å². The summed E-state index contributed by atoms with van der Waals surface area (Å²) in [7, 11) is -0.665. The molecule has 1 fully saturated rings. The molecule has 0 aliphatic carbocycles. The number of carbonyl (C=O) groups is 1. The van der Waals surface area contributed by atoms with E-state index in [1.807, 2.05) is 23.1 Å². The van der Waals surface area contributed by atoms with Gasteiger partial charge in [0, 0.05) is 20.6 Å². The van der Waals surface area contributed by atoms with Gasteiger partial charge in [-0.05, 0) is 44.4 Å². The minimum absolute atomic E-state index is 0.00330. The van der Waals surface area contributed by atoms with Crippen molar-refractivity contribution in [1.82, 2.24) is 19.0 Å². The Morgan fingerprint density at radius 1 is 1.19 bits per heavy atom. The van der Waals surface area contributed by atoms with Gasteiger partial charge in [0.1, 0.15) is 24.7 Å². The Morgan fingerprint density at radius 2 is 1.90 bits per heavy atom. The molecule has 1 unspecified atom stereocenters. The van der Waals surface area contributed by atoms with Crippen molar-refractivity contribution in [3.8, 4) is 11.5 Å². The number of amides is 1. The summed E-state index contributed by atoms with van der Waals surface area (Å²) in [6.45, 7) is 5.04. The Morgan fingerprint density at radius 3 is 2.61 bits per heavy atom. The lowest BCUT2D eigenvalue weighted by Gasteiger charge is -2.27. The number of carbonyl (C=O) groups excluding carboxylic acids is 1. The van der Waals surface area contributed by atoms with Crippen LogP contribution in [0.1, 0.15) is 35.8 Å². The van der Waals surface area contributed by atoms with Gasteiger partial charge in [-0.15, -0.1) is 0 Å². The van der Waals surface area contributed by atoms with Crippen LogP contribution < -0.4 is 9.47 Å². The standard InChI is InChI=1S/C21H28N4O5S/c1-14-21(31(27,28)23(3)4)15(2)25(22-14)13-20(26)24-9-5-6-17(24)16-7-8-18-19(12-16)30-11-10-29-18/h7-8,12,17H,5-6,9-11,13H2,1-4H3. The molecule has 4 rings (SSSR count). The second-order valence-electron chi connectivity index (χ2n) is 8.09. The Balaban J connectivity index is 1.56. The molecule has 0 spiro atoms. The summed E-state index contributed by atoms with van der Waals surface area (Å²) < 4.78 is 39.2. The molecule has 1 amide bonds. The van der Waals surface area contributed by atoms with Gasteiger partial charge in [0.15, 0.2) is 11.5 Å². The maximum atomic E-state index is 13.2. The summed E-state index contributed by atoms with van der Waals surface area (Å²) in [4.78, 5) is 15.2. The lowest BCUT2D eigenvalue weighted by Crippen LogP contribution is -2.34. The molecule has 0 bridgehead atoms. The number of hydrogen-bond donors (Lipinski definition) is 0. The molecule has 1 atom stereocenters. The van der Waals surface area contributed by atoms with Crippen molar-refractivity contribution in [2.45, 2.75) is 44.2 Å². The highest BCUT2D eigenvalue weighted by molar-refractivity contribution is 7.89. The van der Waals surface area contributed by atoms with Crippen LogP contribution in [0.5, 0.6) is 11.5 Å². The first-order valence-electron chi connectivity index (χ1n) is 10.4. The highest BCUT2D eigenvalue weighted by atomic mass is 32.2. The fourth-order valence-corrected chi connectivity index (χ4v) is 5.55. The van der Waals surface area contributed by atoms with Crippen LogP contribution in [0.4, 0.5) is 0 Å². The molecule has 0 saturated carbocycles. The van der Waals surface area contributed by atoms with Crippen LogP contribution in [0.2, 0.25) is 0 Å². The molecule has 3 heterocycles. The molecule has 2 aromatic rings. The van der Waals surface area contributed by atoms with E-state index in [4.69, 9.17) is 9.47 Å². The summed E-state index contributed by atoms with van der Waals surface area (Å²) in [6.07, 6.45) is 1.77. The van der Waals surface area contributed by atoms with Gasteiger partial charge in [-0.1, -0.05) is 6.07 Å². The molecule has 1 aromatic heterocycles. The molecule has 168 valence electrons. The van der Waals surface area contributed by atoms with E-state index in [0.29, 0.717) is 36.9 Å². The maximum Gasteiger partial charge on any atom is 0.246 e. The monoisotopic (exact) mass is 448 g/mol. The Bertz CT molecular complexity index is 1110. The number of aromatic nitrogens is 2. The van der Waals surface area contributed by atoms with Gasteiger partial charge in [-0.3, -0.25) is 9.48 Å². The maximum absolute atomic E-state index is 13.2. The Hall–Kier alpha value is -2.59. The van der Waals surface area contributed by atoms with Crippen molar-refractivity contribution in [3.05, 3.63) is 35.2 Å². The van der Waals surface area contributed by atoms with Gasteiger partial charge in [0.05, 0.1) is 17.4 Å².